The lowest BCUT2D eigenvalue weighted by Gasteiger charge is -2.03. The summed E-state index contributed by atoms with van der Waals surface area (Å²) in [5.74, 6) is 0.857. The molecule has 0 amide bonds. The molecule has 1 unspecified atom stereocenters. The summed E-state index contributed by atoms with van der Waals surface area (Å²) >= 11 is 1.71. The Labute approximate surface area is 92.1 Å². The van der Waals surface area contributed by atoms with Gasteiger partial charge in [-0.1, -0.05) is 0 Å². The standard InChI is InChI=1S/C11H12N2OS/c1-3-8(12-5-1)11-13-9(7-15-11)10-4-2-6-14-10/h2,4,6-8,12H,1,3,5H2. The molecule has 0 spiro atoms. The Hall–Kier alpha value is -1.13. The number of aromatic nitrogens is 1. The lowest BCUT2D eigenvalue weighted by molar-refractivity contribution is 0.579. The van der Waals surface area contributed by atoms with E-state index in [1.807, 2.05) is 12.1 Å². The molecule has 0 saturated carbocycles. The van der Waals surface area contributed by atoms with Crippen LogP contribution in [-0.4, -0.2) is 11.5 Å². The highest BCUT2D eigenvalue weighted by Crippen LogP contribution is 2.29. The lowest BCUT2D eigenvalue weighted by atomic mass is 10.2. The van der Waals surface area contributed by atoms with Crippen molar-refractivity contribution in [3.05, 3.63) is 28.8 Å². The van der Waals surface area contributed by atoms with Gasteiger partial charge in [0, 0.05) is 5.38 Å². The van der Waals surface area contributed by atoms with Gasteiger partial charge in [-0.25, -0.2) is 4.98 Å². The van der Waals surface area contributed by atoms with Crippen LogP contribution in [0.5, 0.6) is 0 Å². The maximum Gasteiger partial charge on any atom is 0.153 e. The Bertz CT molecular complexity index is 429. The summed E-state index contributed by atoms with van der Waals surface area (Å²) in [5, 5.41) is 6.69. The molecule has 2 aromatic heterocycles. The number of hydrogen-bond donors (Lipinski definition) is 1. The lowest BCUT2D eigenvalue weighted by Crippen LogP contribution is -2.12. The maximum atomic E-state index is 5.32. The smallest absolute Gasteiger partial charge is 0.153 e. The van der Waals surface area contributed by atoms with E-state index in [4.69, 9.17) is 4.42 Å². The van der Waals surface area contributed by atoms with Crippen molar-refractivity contribution in [1.82, 2.24) is 10.3 Å². The van der Waals surface area contributed by atoms with Crippen LogP contribution < -0.4 is 5.32 Å². The fraction of sp³-hybridized carbons (Fsp3) is 0.364. The summed E-state index contributed by atoms with van der Waals surface area (Å²) in [6.07, 6.45) is 4.13. The summed E-state index contributed by atoms with van der Waals surface area (Å²) < 4.78 is 5.32. The first-order valence-corrected chi connectivity index (χ1v) is 6.04. The molecule has 1 N–H and O–H groups in total. The van der Waals surface area contributed by atoms with E-state index in [1.54, 1.807) is 17.6 Å². The van der Waals surface area contributed by atoms with E-state index in [-0.39, 0.29) is 0 Å². The fourth-order valence-corrected chi connectivity index (χ4v) is 2.80. The number of rotatable bonds is 2. The minimum absolute atomic E-state index is 0.457. The molecule has 1 fully saturated rings. The second-order valence-corrected chi connectivity index (χ2v) is 4.59. The topological polar surface area (TPSA) is 38.1 Å². The van der Waals surface area contributed by atoms with Gasteiger partial charge in [-0.3, -0.25) is 0 Å². The maximum absolute atomic E-state index is 5.32. The third kappa shape index (κ3) is 1.70. The average Bonchev–Trinajstić information content (AvgIpc) is 3.02. The van der Waals surface area contributed by atoms with Crippen LogP contribution in [0.25, 0.3) is 11.5 Å². The average molecular weight is 220 g/mol. The van der Waals surface area contributed by atoms with Crippen LogP contribution in [0.1, 0.15) is 23.9 Å². The molecule has 3 heterocycles. The largest absolute Gasteiger partial charge is 0.463 e. The Morgan fingerprint density at radius 3 is 3.27 bits per heavy atom. The third-order valence-electron chi connectivity index (χ3n) is 2.65. The third-order valence-corrected chi connectivity index (χ3v) is 3.61. The van der Waals surface area contributed by atoms with E-state index in [0.29, 0.717) is 6.04 Å². The monoisotopic (exact) mass is 220 g/mol. The number of nitrogens with zero attached hydrogens (tertiary/aromatic N) is 1. The molecule has 1 saturated heterocycles. The van der Waals surface area contributed by atoms with E-state index >= 15 is 0 Å². The summed E-state index contributed by atoms with van der Waals surface area (Å²) in [6, 6.07) is 4.29. The number of thiazole rings is 1. The highest BCUT2D eigenvalue weighted by Gasteiger charge is 2.19. The van der Waals surface area contributed by atoms with Crippen molar-refractivity contribution in [3.63, 3.8) is 0 Å². The second kappa shape index (κ2) is 3.79. The quantitative estimate of drug-likeness (QED) is 0.845. The van der Waals surface area contributed by atoms with Crippen molar-refractivity contribution < 1.29 is 4.42 Å². The zero-order valence-corrected chi connectivity index (χ0v) is 9.09. The van der Waals surface area contributed by atoms with Gasteiger partial charge in [-0.2, -0.15) is 0 Å². The Morgan fingerprint density at radius 2 is 2.53 bits per heavy atom. The fourth-order valence-electron chi connectivity index (χ4n) is 1.88. The Balaban J connectivity index is 1.87. The molecule has 4 heteroatoms. The molecule has 78 valence electrons. The van der Waals surface area contributed by atoms with Gasteiger partial charge < -0.3 is 9.73 Å². The molecule has 3 nitrogen and oxygen atoms in total. The first-order chi connectivity index (χ1) is 7.43. The summed E-state index contributed by atoms with van der Waals surface area (Å²) in [4.78, 5) is 4.60. The van der Waals surface area contributed by atoms with E-state index < -0.39 is 0 Å². The van der Waals surface area contributed by atoms with Gasteiger partial charge in [0.05, 0.1) is 12.3 Å². The van der Waals surface area contributed by atoms with Crippen LogP contribution in [0.15, 0.2) is 28.2 Å². The van der Waals surface area contributed by atoms with Gasteiger partial charge in [-0.15, -0.1) is 11.3 Å². The van der Waals surface area contributed by atoms with Gasteiger partial charge in [0.2, 0.25) is 0 Å². The van der Waals surface area contributed by atoms with Gasteiger partial charge in [0.1, 0.15) is 10.7 Å². The Morgan fingerprint density at radius 1 is 1.53 bits per heavy atom. The van der Waals surface area contributed by atoms with Crippen molar-refractivity contribution in [2.24, 2.45) is 0 Å². The normalized spacial score (nSPS) is 20.9. The van der Waals surface area contributed by atoms with Crippen LogP contribution >= 0.6 is 11.3 Å². The molecule has 0 radical (unpaired) electrons. The van der Waals surface area contributed by atoms with Crippen LogP contribution in [0.3, 0.4) is 0 Å². The van der Waals surface area contributed by atoms with Crippen molar-refractivity contribution >= 4 is 11.3 Å². The van der Waals surface area contributed by atoms with Crippen LogP contribution in [0.2, 0.25) is 0 Å². The number of hydrogen-bond acceptors (Lipinski definition) is 4. The molecule has 0 aromatic carbocycles. The molecule has 1 aliphatic rings. The molecule has 3 rings (SSSR count). The van der Waals surface area contributed by atoms with Gasteiger partial charge in [0.15, 0.2) is 5.76 Å². The predicted octanol–water partition coefficient (Wildman–Crippen LogP) is 2.83. The van der Waals surface area contributed by atoms with E-state index in [1.165, 1.54) is 17.8 Å². The minimum Gasteiger partial charge on any atom is -0.463 e. The van der Waals surface area contributed by atoms with Crippen molar-refractivity contribution in [3.8, 4) is 11.5 Å². The molecule has 1 aliphatic heterocycles. The van der Waals surface area contributed by atoms with Crippen molar-refractivity contribution in [2.75, 3.05) is 6.54 Å². The summed E-state index contributed by atoms with van der Waals surface area (Å²) in [6.45, 7) is 1.11. The van der Waals surface area contributed by atoms with Crippen molar-refractivity contribution in [2.45, 2.75) is 18.9 Å². The highest BCUT2D eigenvalue weighted by atomic mass is 32.1. The van der Waals surface area contributed by atoms with E-state index in [9.17, 15) is 0 Å². The summed E-state index contributed by atoms with van der Waals surface area (Å²) in [5.41, 5.74) is 0.953. The summed E-state index contributed by atoms with van der Waals surface area (Å²) in [7, 11) is 0. The SMILES string of the molecule is c1coc(-c2csc(C3CCCN3)n2)c1. The molecule has 0 aliphatic carbocycles. The molecular formula is C11H12N2OS. The van der Waals surface area contributed by atoms with E-state index in [0.717, 1.165) is 18.0 Å². The van der Waals surface area contributed by atoms with Crippen molar-refractivity contribution in [1.29, 1.82) is 0 Å². The van der Waals surface area contributed by atoms with Gasteiger partial charge in [-0.05, 0) is 31.5 Å². The molecule has 2 aromatic rings. The first-order valence-electron chi connectivity index (χ1n) is 5.16. The first kappa shape index (κ1) is 9.12. The van der Waals surface area contributed by atoms with Gasteiger partial charge in [0.25, 0.3) is 0 Å². The van der Waals surface area contributed by atoms with Gasteiger partial charge >= 0.3 is 0 Å². The molecular weight excluding hydrogens is 208 g/mol. The van der Waals surface area contributed by atoms with Crippen LogP contribution in [0, 0.1) is 0 Å². The number of furan rings is 1. The minimum atomic E-state index is 0.457. The zero-order valence-electron chi connectivity index (χ0n) is 8.27. The molecule has 15 heavy (non-hydrogen) atoms. The van der Waals surface area contributed by atoms with E-state index in [2.05, 4.69) is 15.7 Å². The number of nitrogens with one attached hydrogen (secondary N) is 1. The Kier molecular flexibility index (Phi) is 2.31. The van der Waals surface area contributed by atoms with Crippen LogP contribution in [0.4, 0.5) is 0 Å². The zero-order chi connectivity index (χ0) is 10.1. The predicted molar refractivity (Wildman–Crippen MR) is 59.8 cm³/mol. The highest BCUT2D eigenvalue weighted by molar-refractivity contribution is 7.10. The molecule has 0 bridgehead atoms. The van der Waals surface area contributed by atoms with Crippen LogP contribution in [-0.2, 0) is 0 Å². The second-order valence-electron chi connectivity index (χ2n) is 3.70. The molecule has 1 atom stereocenters.